The van der Waals surface area contributed by atoms with Crippen LogP contribution in [0.4, 0.5) is 5.69 Å². The SMILES string of the molecule is CN(Cc1ccc(N2CCCCC2)cc1)Cc1csc(-c2ccco2)n1. The lowest BCUT2D eigenvalue weighted by Gasteiger charge is -2.29. The van der Waals surface area contributed by atoms with Crippen molar-refractivity contribution in [2.24, 2.45) is 0 Å². The predicted molar refractivity (Wildman–Crippen MR) is 107 cm³/mol. The minimum atomic E-state index is 0.838. The third kappa shape index (κ3) is 4.17. The van der Waals surface area contributed by atoms with Gasteiger partial charge in [-0.05, 0) is 56.1 Å². The van der Waals surface area contributed by atoms with Crippen LogP contribution in [0.5, 0.6) is 0 Å². The lowest BCUT2D eigenvalue weighted by atomic mass is 10.1. The molecule has 0 atom stereocenters. The van der Waals surface area contributed by atoms with Gasteiger partial charge in [0.25, 0.3) is 0 Å². The molecule has 4 nitrogen and oxygen atoms in total. The minimum absolute atomic E-state index is 0.838. The van der Waals surface area contributed by atoms with Crippen molar-refractivity contribution in [3.63, 3.8) is 0 Å². The molecule has 0 saturated carbocycles. The highest BCUT2D eigenvalue weighted by molar-refractivity contribution is 7.13. The van der Waals surface area contributed by atoms with Gasteiger partial charge in [-0.25, -0.2) is 4.98 Å². The van der Waals surface area contributed by atoms with E-state index in [1.807, 2.05) is 12.1 Å². The smallest absolute Gasteiger partial charge is 0.162 e. The van der Waals surface area contributed by atoms with Crippen molar-refractivity contribution in [2.45, 2.75) is 32.4 Å². The fourth-order valence-electron chi connectivity index (χ4n) is 3.50. The average Bonchev–Trinajstić information content (AvgIpc) is 3.35. The third-order valence-corrected chi connectivity index (χ3v) is 5.73. The van der Waals surface area contributed by atoms with Crippen LogP contribution in [0.15, 0.2) is 52.5 Å². The number of anilines is 1. The van der Waals surface area contributed by atoms with Gasteiger partial charge in [0.1, 0.15) is 0 Å². The zero-order valence-electron chi connectivity index (χ0n) is 15.2. The first-order valence-electron chi connectivity index (χ1n) is 9.29. The molecule has 0 bridgehead atoms. The molecule has 1 aromatic carbocycles. The Morgan fingerprint density at radius 2 is 1.88 bits per heavy atom. The van der Waals surface area contributed by atoms with Gasteiger partial charge >= 0.3 is 0 Å². The van der Waals surface area contributed by atoms with E-state index >= 15 is 0 Å². The zero-order valence-corrected chi connectivity index (χ0v) is 16.0. The number of benzene rings is 1. The van der Waals surface area contributed by atoms with Gasteiger partial charge in [0, 0.05) is 37.2 Å². The number of hydrogen-bond acceptors (Lipinski definition) is 5. The summed E-state index contributed by atoms with van der Waals surface area (Å²) >= 11 is 1.64. The molecule has 3 heterocycles. The van der Waals surface area contributed by atoms with E-state index in [9.17, 15) is 0 Å². The van der Waals surface area contributed by atoms with Crippen LogP contribution in [0.3, 0.4) is 0 Å². The summed E-state index contributed by atoms with van der Waals surface area (Å²) in [5.74, 6) is 0.845. The second kappa shape index (κ2) is 8.06. The van der Waals surface area contributed by atoms with E-state index in [4.69, 9.17) is 4.42 Å². The van der Waals surface area contributed by atoms with Crippen molar-refractivity contribution in [3.05, 3.63) is 59.3 Å². The molecule has 3 aromatic rings. The normalized spacial score (nSPS) is 14.9. The average molecular weight is 368 g/mol. The number of aromatic nitrogens is 1. The number of furan rings is 1. The van der Waals surface area contributed by atoms with Gasteiger partial charge in [0.2, 0.25) is 0 Å². The second-order valence-electron chi connectivity index (χ2n) is 7.01. The quantitative estimate of drug-likeness (QED) is 0.612. The Kier molecular flexibility index (Phi) is 5.37. The van der Waals surface area contributed by atoms with Crippen LogP contribution in [0.25, 0.3) is 10.8 Å². The number of hydrogen-bond donors (Lipinski definition) is 0. The molecule has 0 aliphatic carbocycles. The van der Waals surface area contributed by atoms with Crippen molar-refractivity contribution in [1.82, 2.24) is 9.88 Å². The Morgan fingerprint density at radius 1 is 1.08 bits per heavy atom. The Bertz CT molecular complexity index is 804. The molecule has 0 radical (unpaired) electrons. The van der Waals surface area contributed by atoms with Crippen molar-refractivity contribution in [1.29, 1.82) is 0 Å². The molecule has 4 rings (SSSR count). The highest BCUT2D eigenvalue weighted by Crippen LogP contribution is 2.25. The van der Waals surface area contributed by atoms with Crippen molar-refractivity contribution < 1.29 is 4.42 Å². The van der Waals surface area contributed by atoms with Gasteiger partial charge in [-0.3, -0.25) is 4.90 Å². The largest absolute Gasteiger partial charge is 0.462 e. The summed E-state index contributed by atoms with van der Waals surface area (Å²) in [4.78, 5) is 9.49. The molecule has 5 heteroatoms. The van der Waals surface area contributed by atoms with E-state index < -0.39 is 0 Å². The van der Waals surface area contributed by atoms with Crippen LogP contribution in [0, 0.1) is 0 Å². The van der Waals surface area contributed by atoms with Gasteiger partial charge in [0.15, 0.2) is 10.8 Å². The van der Waals surface area contributed by atoms with Gasteiger partial charge in [-0.2, -0.15) is 0 Å². The summed E-state index contributed by atoms with van der Waals surface area (Å²) in [5.41, 5.74) is 3.79. The molecule has 1 saturated heterocycles. The van der Waals surface area contributed by atoms with E-state index in [-0.39, 0.29) is 0 Å². The number of thiazole rings is 1. The molecule has 2 aromatic heterocycles. The number of nitrogens with zero attached hydrogens (tertiary/aromatic N) is 3. The summed E-state index contributed by atoms with van der Waals surface area (Å²) in [6.07, 6.45) is 5.70. The highest BCUT2D eigenvalue weighted by atomic mass is 32.1. The molecule has 0 N–H and O–H groups in total. The predicted octanol–water partition coefficient (Wildman–Crippen LogP) is 5.03. The lowest BCUT2D eigenvalue weighted by Crippen LogP contribution is -2.29. The van der Waals surface area contributed by atoms with Crippen LogP contribution in [0.1, 0.15) is 30.5 Å². The molecular weight excluding hydrogens is 342 g/mol. The van der Waals surface area contributed by atoms with E-state index in [1.165, 1.54) is 43.6 Å². The molecule has 0 unspecified atom stereocenters. The summed E-state index contributed by atoms with van der Waals surface area (Å²) in [7, 11) is 2.14. The fraction of sp³-hybridized carbons (Fsp3) is 0.381. The maximum Gasteiger partial charge on any atom is 0.162 e. The van der Waals surface area contributed by atoms with Crippen LogP contribution < -0.4 is 4.90 Å². The monoisotopic (exact) mass is 367 g/mol. The second-order valence-corrected chi connectivity index (χ2v) is 7.87. The van der Waals surface area contributed by atoms with Crippen LogP contribution in [0.2, 0.25) is 0 Å². The Balaban J connectivity index is 1.33. The van der Waals surface area contributed by atoms with Gasteiger partial charge in [-0.1, -0.05) is 12.1 Å². The summed E-state index contributed by atoms with van der Waals surface area (Å²) < 4.78 is 5.43. The Morgan fingerprint density at radius 3 is 2.62 bits per heavy atom. The zero-order chi connectivity index (χ0) is 17.8. The maximum atomic E-state index is 5.43. The van der Waals surface area contributed by atoms with Crippen molar-refractivity contribution >= 4 is 17.0 Å². The lowest BCUT2D eigenvalue weighted by molar-refractivity contribution is 0.316. The summed E-state index contributed by atoms with van der Waals surface area (Å²) in [6.45, 7) is 4.15. The standard InChI is InChI=1S/C21H25N3OS/c1-23(15-18-16-26-21(22-18)20-6-5-13-25-20)14-17-7-9-19(10-8-17)24-11-3-2-4-12-24/h5-10,13,16H,2-4,11-12,14-15H2,1H3. The summed E-state index contributed by atoms with van der Waals surface area (Å²) in [6, 6.07) is 12.9. The maximum absolute atomic E-state index is 5.43. The molecule has 136 valence electrons. The molecule has 0 spiro atoms. The first kappa shape index (κ1) is 17.3. The van der Waals surface area contributed by atoms with Gasteiger partial charge in [0.05, 0.1) is 12.0 Å². The van der Waals surface area contributed by atoms with Gasteiger partial charge in [-0.15, -0.1) is 11.3 Å². The van der Waals surface area contributed by atoms with Crippen molar-refractivity contribution in [3.8, 4) is 10.8 Å². The third-order valence-electron chi connectivity index (χ3n) is 4.83. The van der Waals surface area contributed by atoms with E-state index in [0.29, 0.717) is 0 Å². The fourth-order valence-corrected chi connectivity index (χ4v) is 4.28. The molecule has 1 aliphatic heterocycles. The highest BCUT2D eigenvalue weighted by Gasteiger charge is 2.12. The van der Waals surface area contributed by atoms with Crippen LogP contribution >= 0.6 is 11.3 Å². The minimum Gasteiger partial charge on any atom is -0.462 e. The molecule has 26 heavy (non-hydrogen) atoms. The molecule has 0 amide bonds. The molecular formula is C21H25N3OS. The first-order valence-corrected chi connectivity index (χ1v) is 10.2. The van der Waals surface area contributed by atoms with Gasteiger partial charge < -0.3 is 9.32 Å². The Labute approximate surface area is 159 Å². The topological polar surface area (TPSA) is 32.5 Å². The van der Waals surface area contributed by atoms with E-state index in [2.05, 4.69) is 51.5 Å². The summed E-state index contributed by atoms with van der Waals surface area (Å²) in [5, 5.41) is 3.07. The van der Waals surface area contributed by atoms with Crippen molar-refractivity contribution in [2.75, 3.05) is 25.0 Å². The number of piperidine rings is 1. The van der Waals surface area contributed by atoms with E-state index in [1.54, 1.807) is 17.6 Å². The van der Waals surface area contributed by atoms with Crippen LogP contribution in [-0.2, 0) is 13.1 Å². The number of rotatable bonds is 6. The Hall–Kier alpha value is -2.11. The van der Waals surface area contributed by atoms with Crippen LogP contribution in [-0.4, -0.2) is 30.0 Å². The molecule has 1 aliphatic rings. The van der Waals surface area contributed by atoms with E-state index in [0.717, 1.165) is 29.6 Å². The first-order chi connectivity index (χ1) is 12.8. The molecule has 1 fully saturated rings.